The molecule has 0 fully saturated rings. The highest BCUT2D eigenvalue weighted by Gasteiger charge is 2.13. The number of nitrogens with one attached hydrogen (secondary N) is 1. The van der Waals surface area contributed by atoms with Crippen molar-refractivity contribution in [3.05, 3.63) is 63.4 Å². The Balaban J connectivity index is 2.29. The molecule has 0 spiro atoms. The number of rotatable bonds is 2. The van der Waals surface area contributed by atoms with Gasteiger partial charge in [-0.2, -0.15) is 5.26 Å². The molecule has 2 rings (SSSR count). The lowest BCUT2D eigenvalue weighted by Crippen LogP contribution is -2.14. The highest BCUT2D eigenvalue weighted by Crippen LogP contribution is 2.23. The first kappa shape index (κ1) is 14.2. The SMILES string of the molecule is Cc1cccc(C(=O)Nc2ccc(C#N)cc2F)c1Br. The predicted octanol–water partition coefficient (Wildman–Crippen LogP) is 4.02. The Morgan fingerprint density at radius 1 is 1.35 bits per heavy atom. The molecule has 1 N–H and O–H groups in total. The number of hydrogen-bond acceptors (Lipinski definition) is 2. The van der Waals surface area contributed by atoms with Crippen molar-refractivity contribution in [1.29, 1.82) is 5.26 Å². The Hall–Kier alpha value is -2.19. The van der Waals surface area contributed by atoms with Crippen LogP contribution >= 0.6 is 15.9 Å². The molecule has 2 aromatic rings. The summed E-state index contributed by atoms with van der Waals surface area (Å²) >= 11 is 3.34. The second-order valence-corrected chi connectivity index (χ2v) is 4.99. The van der Waals surface area contributed by atoms with Gasteiger partial charge in [-0.15, -0.1) is 0 Å². The number of anilines is 1. The van der Waals surface area contributed by atoms with Crippen LogP contribution in [-0.4, -0.2) is 5.91 Å². The zero-order valence-electron chi connectivity index (χ0n) is 10.6. The molecular formula is C15H10BrFN2O. The van der Waals surface area contributed by atoms with Crippen LogP contribution in [0.2, 0.25) is 0 Å². The van der Waals surface area contributed by atoms with Gasteiger partial charge in [0.05, 0.1) is 22.9 Å². The van der Waals surface area contributed by atoms with Crippen molar-refractivity contribution in [3.8, 4) is 6.07 Å². The highest BCUT2D eigenvalue weighted by molar-refractivity contribution is 9.10. The second-order valence-electron chi connectivity index (χ2n) is 4.20. The molecule has 3 nitrogen and oxygen atoms in total. The van der Waals surface area contributed by atoms with Gasteiger partial charge in [0.2, 0.25) is 0 Å². The van der Waals surface area contributed by atoms with Crippen LogP contribution in [-0.2, 0) is 0 Å². The fourth-order valence-corrected chi connectivity index (χ4v) is 2.14. The lowest BCUT2D eigenvalue weighted by atomic mass is 10.1. The van der Waals surface area contributed by atoms with E-state index in [4.69, 9.17) is 5.26 Å². The van der Waals surface area contributed by atoms with Gasteiger partial charge in [0.15, 0.2) is 0 Å². The van der Waals surface area contributed by atoms with Gasteiger partial charge in [-0.3, -0.25) is 4.79 Å². The summed E-state index contributed by atoms with van der Waals surface area (Å²) in [6, 6.07) is 11.0. The highest BCUT2D eigenvalue weighted by atomic mass is 79.9. The van der Waals surface area contributed by atoms with E-state index in [2.05, 4.69) is 21.2 Å². The molecule has 0 radical (unpaired) electrons. The first-order valence-corrected chi connectivity index (χ1v) is 6.58. The Bertz CT molecular complexity index is 722. The lowest BCUT2D eigenvalue weighted by Gasteiger charge is -2.09. The summed E-state index contributed by atoms with van der Waals surface area (Å²) in [5, 5.41) is 11.2. The maximum Gasteiger partial charge on any atom is 0.256 e. The summed E-state index contributed by atoms with van der Waals surface area (Å²) in [7, 11) is 0. The van der Waals surface area contributed by atoms with Crippen molar-refractivity contribution in [2.45, 2.75) is 6.92 Å². The third-order valence-corrected chi connectivity index (χ3v) is 3.84. The Morgan fingerprint density at radius 2 is 2.10 bits per heavy atom. The van der Waals surface area contributed by atoms with Gasteiger partial charge in [0.25, 0.3) is 5.91 Å². The van der Waals surface area contributed by atoms with E-state index >= 15 is 0 Å². The van der Waals surface area contributed by atoms with Gasteiger partial charge in [0, 0.05) is 4.47 Å². The zero-order chi connectivity index (χ0) is 14.7. The van der Waals surface area contributed by atoms with E-state index in [9.17, 15) is 9.18 Å². The maximum absolute atomic E-state index is 13.7. The number of aryl methyl sites for hydroxylation is 1. The maximum atomic E-state index is 13.7. The molecule has 0 aliphatic carbocycles. The van der Waals surface area contributed by atoms with Crippen molar-refractivity contribution in [2.24, 2.45) is 0 Å². The van der Waals surface area contributed by atoms with Gasteiger partial charge in [-0.25, -0.2) is 4.39 Å². The minimum Gasteiger partial charge on any atom is -0.319 e. The van der Waals surface area contributed by atoms with Crippen LogP contribution in [0.5, 0.6) is 0 Å². The van der Waals surface area contributed by atoms with Gasteiger partial charge >= 0.3 is 0 Å². The van der Waals surface area contributed by atoms with Gasteiger partial charge in [-0.05, 0) is 52.7 Å². The fourth-order valence-electron chi connectivity index (χ4n) is 1.70. The molecule has 1 amide bonds. The van der Waals surface area contributed by atoms with Crippen molar-refractivity contribution in [1.82, 2.24) is 0 Å². The summed E-state index contributed by atoms with van der Waals surface area (Å²) in [6.45, 7) is 1.86. The molecule has 0 aromatic heterocycles. The monoisotopic (exact) mass is 332 g/mol. The van der Waals surface area contributed by atoms with Crippen LogP contribution in [0.3, 0.4) is 0 Å². The molecule has 100 valence electrons. The Kier molecular flexibility index (Phi) is 4.16. The molecule has 0 unspecified atom stereocenters. The Labute approximate surface area is 124 Å². The number of halogens is 2. The summed E-state index contributed by atoms with van der Waals surface area (Å²) in [5.41, 5.74) is 1.59. The average Bonchev–Trinajstić information content (AvgIpc) is 2.44. The fraction of sp³-hybridized carbons (Fsp3) is 0.0667. The van der Waals surface area contributed by atoms with Crippen LogP contribution in [0.1, 0.15) is 21.5 Å². The summed E-state index contributed by atoms with van der Waals surface area (Å²) in [5.74, 6) is -1.05. The molecule has 0 aliphatic heterocycles. The lowest BCUT2D eigenvalue weighted by molar-refractivity contribution is 0.102. The van der Waals surface area contributed by atoms with Crippen LogP contribution in [0.25, 0.3) is 0 Å². The van der Waals surface area contributed by atoms with E-state index in [0.717, 1.165) is 11.6 Å². The molecule has 0 atom stereocenters. The molecule has 20 heavy (non-hydrogen) atoms. The molecule has 0 aliphatic rings. The minimum absolute atomic E-state index is 0.0439. The Morgan fingerprint density at radius 3 is 2.75 bits per heavy atom. The van der Waals surface area contributed by atoms with E-state index in [1.807, 2.05) is 19.1 Å². The zero-order valence-corrected chi connectivity index (χ0v) is 12.2. The van der Waals surface area contributed by atoms with Gasteiger partial charge in [0.1, 0.15) is 5.82 Å². The third-order valence-electron chi connectivity index (χ3n) is 2.78. The van der Waals surface area contributed by atoms with Crippen molar-refractivity contribution >= 4 is 27.5 Å². The van der Waals surface area contributed by atoms with Crippen LogP contribution in [0.15, 0.2) is 40.9 Å². The molecule has 2 aromatic carbocycles. The number of hydrogen-bond donors (Lipinski definition) is 1. The molecule has 0 saturated carbocycles. The van der Waals surface area contributed by atoms with E-state index in [0.29, 0.717) is 10.0 Å². The number of amides is 1. The van der Waals surface area contributed by atoms with E-state index < -0.39 is 11.7 Å². The largest absolute Gasteiger partial charge is 0.319 e. The van der Waals surface area contributed by atoms with E-state index in [1.165, 1.54) is 12.1 Å². The second kappa shape index (κ2) is 5.85. The topological polar surface area (TPSA) is 52.9 Å². The summed E-state index contributed by atoms with van der Waals surface area (Å²) < 4.78 is 14.4. The first-order chi connectivity index (χ1) is 9.52. The van der Waals surface area contributed by atoms with Crippen LogP contribution in [0, 0.1) is 24.1 Å². The number of nitrogens with zero attached hydrogens (tertiary/aromatic N) is 1. The smallest absolute Gasteiger partial charge is 0.256 e. The van der Waals surface area contributed by atoms with Gasteiger partial charge in [-0.1, -0.05) is 12.1 Å². The molecule has 0 saturated heterocycles. The third kappa shape index (κ3) is 2.86. The molecule has 0 heterocycles. The van der Waals surface area contributed by atoms with E-state index in [1.54, 1.807) is 12.1 Å². The summed E-state index contributed by atoms with van der Waals surface area (Å²) in [4.78, 5) is 12.1. The van der Waals surface area contributed by atoms with Crippen molar-refractivity contribution < 1.29 is 9.18 Å². The number of carbonyl (C=O) groups excluding carboxylic acids is 1. The van der Waals surface area contributed by atoms with Crippen LogP contribution < -0.4 is 5.32 Å². The molecule has 5 heteroatoms. The number of benzene rings is 2. The number of carbonyl (C=O) groups is 1. The van der Waals surface area contributed by atoms with Crippen molar-refractivity contribution in [2.75, 3.05) is 5.32 Å². The van der Waals surface area contributed by atoms with E-state index in [-0.39, 0.29) is 11.3 Å². The summed E-state index contributed by atoms with van der Waals surface area (Å²) in [6.07, 6.45) is 0. The predicted molar refractivity (Wildman–Crippen MR) is 77.9 cm³/mol. The molecule has 0 bridgehead atoms. The quantitative estimate of drug-likeness (QED) is 0.902. The van der Waals surface area contributed by atoms with Crippen molar-refractivity contribution in [3.63, 3.8) is 0 Å². The first-order valence-electron chi connectivity index (χ1n) is 5.79. The average molecular weight is 333 g/mol. The molecular weight excluding hydrogens is 323 g/mol. The standard InChI is InChI=1S/C15H10BrFN2O/c1-9-3-2-4-11(14(9)16)15(20)19-13-6-5-10(8-18)7-12(13)17/h2-7H,1H3,(H,19,20). The van der Waals surface area contributed by atoms with Gasteiger partial charge < -0.3 is 5.32 Å². The normalized spacial score (nSPS) is 9.90. The number of nitriles is 1. The van der Waals surface area contributed by atoms with Crippen LogP contribution in [0.4, 0.5) is 10.1 Å². The minimum atomic E-state index is -0.638.